The molecule has 0 radical (unpaired) electrons. The van der Waals surface area contributed by atoms with E-state index in [4.69, 9.17) is 19.1 Å². The van der Waals surface area contributed by atoms with E-state index in [1.807, 2.05) is 17.7 Å². The molecule has 3 rings (SSSR count). The number of aryl methyl sites for hydroxylation is 1. The van der Waals surface area contributed by atoms with Crippen molar-refractivity contribution in [3.05, 3.63) is 72.3 Å². The van der Waals surface area contributed by atoms with Gasteiger partial charge in [0.2, 0.25) is 0 Å². The second-order valence-corrected chi connectivity index (χ2v) is 7.53. The summed E-state index contributed by atoms with van der Waals surface area (Å²) in [5.74, 6) is -0.0681. The van der Waals surface area contributed by atoms with Crippen molar-refractivity contribution in [2.24, 2.45) is 0 Å². The number of nitrogens with zero attached hydrogens (tertiary/aromatic N) is 2. The lowest BCUT2D eigenvalue weighted by molar-refractivity contribution is 0.0696. The maximum Gasteiger partial charge on any atom is 0.335 e. The smallest absolute Gasteiger partial charge is 0.335 e. The Morgan fingerprint density at radius 3 is 2.37 bits per heavy atom. The molecular formula is C20H22N2O7S. The van der Waals surface area contributed by atoms with E-state index in [0.29, 0.717) is 24.7 Å². The van der Waals surface area contributed by atoms with E-state index in [1.54, 1.807) is 30.7 Å². The number of carboxylic acids is 1. The summed E-state index contributed by atoms with van der Waals surface area (Å²) < 4.78 is 42.1. The fraction of sp³-hybridized carbons (Fsp3) is 0.200. The normalized spacial score (nSPS) is 10.6. The molecule has 9 nitrogen and oxygen atoms in total. The molecule has 0 bridgehead atoms. The molecular weight excluding hydrogens is 412 g/mol. The number of carboxylic acid groups (broad SMARTS) is 1. The minimum atomic E-state index is -4.02. The van der Waals surface area contributed by atoms with Gasteiger partial charge in [-0.15, -0.1) is 0 Å². The first kappa shape index (κ1) is 22.9. The molecule has 0 saturated heterocycles. The van der Waals surface area contributed by atoms with Gasteiger partial charge in [0.05, 0.1) is 30.4 Å². The standard InChI is InChI=1S/C13H14N2O4.C7H8O3S/c1-18-12-8-10(13(16)17)2-3-11(12)19-7-6-15-5-4-14-9-15;1-6-2-4-7(5-3-6)11(8,9)10/h2-5,8-9H,6-7H2,1H3,(H,16,17);2-5H,1H3,(H,8,9,10). The van der Waals surface area contributed by atoms with Gasteiger partial charge in [0.25, 0.3) is 10.1 Å². The van der Waals surface area contributed by atoms with Crippen LogP contribution in [-0.4, -0.2) is 47.3 Å². The van der Waals surface area contributed by atoms with Gasteiger partial charge in [-0.2, -0.15) is 8.42 Å². The van der Waals surface area contributed by atoms with E-state index in [-0.39, 0.29) is 10.5 Å². The Morgan fingerprint density at radius 2 is 1.83 bits per heavy atom. The van der Waals surface area contributed by atoms with Crippen LogP contribution >= 0.6 is 0 Å². The Hall–Kier alpha value is -3.37. The Balaban J connectivity index is 0.000000248. The van der Waals surface area contributed by atoms with Gasteiger partial charge < -0.3 is 19.1 Å². The maximum atomic E-state index is 10.8. The summed E-state index contributed by atoms with van der Waals surface area (Å²) in [5, 5.41) is 8.89. The predicted octanol–water partition coefficient (Wildman–Crippen LogP) is 2.91. The first-order valence-corrected chi connectivity index (χ1v) is 10.2. The maximum absolute atomic E-state index is 10.8. The summed E-state index contributed by atoms with van der Waals surface area (Å²) >= 11 is 0. The van der Waals surface area contributed by atoms with Crippen molar-refractivity contribution >= 4 is 16.1 Å². The van der Waals surface area contributed by atoms with Crippen LogP contribution in [0.1, 0.15) is 15.9 Å². The molecule has 0 atom stereocenters. The number of aromatic carboxylic acids is 1. The molecule has 0 fully saturated rings. The predicted molar refractivity (Wildman–Crippen MR) is 109 cm³/mol. The molecule has 0 aliphatic heterocycles. The van der Waals surface area contributed by atoms with Gasteiger partial charge in [-0.3, -0.25) is 4.55 Å². The Kier molecular flexibility index (Phi) is 7.96. The second-order valence-electron chi connectivity index (χ2n) is 6.11. The van der Waals surface area contributed by atoms with Crippen LogP contribution in [0.25, 0.3) is 0 Å². The van der Waals surface area contributed by atoms with Gasteiger partial charge in [0.15, 0.2) is 11.5 Å². The Labute approximate surface area is 174 Å². The third-order valence-electron chi connectivity index (χ3n) is 3.90. The zero-order chi connectivity index (χ0) is 22.1. The fourth-order valence-corrected chi connectivity index (χ4v) is 2.79. The van der Waals surface area contributed by atoms with Crippen LogP contribution in [0.3, 0.4) is 0 Å². The number of hydrogen-bond acceptors (Lipinski definition) is 6. The first-order chi connectivity index (χ1) is 14.2. The zero-order valence-electron chi connectivity index (χ0n) is 16.4. The molecule has 0 unspecified atom stereocenters. The average molecular weight is 434 g/mol. The van der Waals surface area contributed by atoms with E-state index >= 15 is 0 Å². The quantitative estimate of drug-likeness (QED) is 0.543. The van der Waals surface area contributed by atoms with Crippen molar-refractivity contribution in [3.63, 3.8) is 0 Å². The Bertz CT molecular complexity index is 1060. The van der Waals surface area contributed by atoms with Gasteiger partial charge in [-0.25, -0.2) is 9.78 Å². The molecule has 10 heteroatoms. The van der Waals surface area contributed by atoms with Crippen LogP contribution < -0.4 is 9.47 Å². The summed E-state index contributed by atoms with van der Waals surface area (Å²) in [6.07, 6.45) is 5.24. The highest BCUT2D eigenvalue weighted by atomic mass is 32.2. The zero-order valence-corrected chi connectivity index (χ0v) is 17.2. The number of imidazole rings is 1. The lowest BCUT2D eigenvalue weighted by atomic mass is 10.2. The average Bonchev–Trinajstić information content (AvgIpc) is 3.21. The van der Waals surface area contributed by atoms with Gasteiger partial charge in [-0.1, -0.05) is 17.7 Å². The van der Waals surface area contributed by atoms with E-state index in [1.165, 1.54) is 31.4 Å². The van der Waals surface area contributed by atoms with Crippen LogP contribution in [0.5, 0.6) is 11.5 Å². The molecule has 2 N–H and O–H groups in total. The van der Waals surface area contributed by atoms with Crippen LogP contribution in [0.2, 0.25) is 0 Å². The lowest BCUT2D eigenvalue weighted by Crippen LogP contribution is -2.07. The number of rotatable bonds is 7. The molecule has 0 spiro atoms. The van der Waals surface area contributed by atoms with Crippen LogP contribution in [0.4, 0.5) is 0 Å². The van der Waals surface area contributed by atoms with Crippen molar-refractivity contribution < 1.29 is 32.3 Å². The first-order valence-electron chi connectivity index (χ1n) is 8.74. The molecule has 0 saturated carbocycles. The van der Waals surface area contributed by atoms with Crippen molar-refractivity contribution in [1.29, 1.82) is 0 Å². The number of ether oxygens (including phenoxy) is 2. The molecule has 160 valence electrons. The number of carbonyl (C=O) groups is 1. The largest absolute Gasteiger partial charge is 0.493 e. The molecule has 30 heavy (non-hydrogen) atoms. The van der Waals surface area contributed by atoms with Crippen molar-refractivity contribution in [2.75, 3.05) is 13.7 Å². The summed E-state index contributed by atoms with van der Waals surface area (Å²) in [6, 6.07) is 10.5. The molecule has 1 aromatic heterocycles. The van der Waals surface area contributed by atoms with E-state index in [0.717, 1.165) is 5.56 Å². The molecule has 0 aliphatic rings. The van der Waals surface area contributed by atoms with Gasteiger partial charge in [0.1, 0.15) is 6.61 Å². The third kappa shape index (κ3) is 6.90. The Morgan fingerprint density at radius 1 is 1.13 bits per heavy atom. The van der Waals surface area contributed by atoms with Gasteiger partial charge >= 0.3 is 5.97 Å². The lowest BCUT2D eigenvalue weighted by Gasteiger charge is -2.11. The number of hydrogen-bond donors (Lipinski definition) is 2. The monoisotopic (exact) mass is 434 g/mol. The SMILES string of the molecule is COc1cc(C(=O)O)ccc1OCCn1ccnc1.Cc1ccc(S(=O)(=O)O)cc1. The number of methoxy groups -OCH3 is 1. The fourth-order valence-electron chi connectivity index (χ4n) is 2.31. The minimum absolute atomic E-state index is 0.0666. The molecule has 0 aliphatic carbocycles. The van der Waals surface area contributed by atoms with E-state index < -0.39 is 16.1 Å². The second kappa shape index (κ2) is 10.4. The van der Waals surface area contributed by atoms with Gasteiger partial charge in [-0.05, 0) is 37.3 Å². The molecule has 2 aromatic carbocycles. The molecule has 0 amide bonds. The third-order valence-corrected chi connectivity index (χ3v) is 4.76. The highest BCUT2D eigenvalue weighted by molar-refractivity contribution is 7.85. The minimum Gasteiger partial charge on any atom is -0.493 e. The summed E-state index contributed by atoms with van der Waals surface area (Å²) in [6.45, 7) is 2.94. The van der Waals surface area contributed by atoms with E-state index in [9.17, 15) is 13.2 Å². The topological polar surface area (TPSA) is 128 Å². The van der Waals surface area contributed by atoms with Crippen molar-refractivity contribution in [2.45, 2.75) is 18.4 Å². The van der Waals surface area contributed by atoms with Crippen molar-refractivity contribution in [1.82, 2.24) is 9.55 Å². The van der Waals surface area contributed by atoms with Crippen LogP contribution in [0, 0.1) is 6.92 Å². The van der Waals surface area contributed by atoms with E-state index in [2.05, 4.69) is 4.98 Å². The van der Waals surface area contributed by atoms with Crippen LogP contribution in [-0.2, 0) is 16.7 Å². The summed E-state index contributed by atoms with van der Waals surface area (Å²) in [4.78, 5) is 14.7. The summed E-state index contributed by atoms with van der Waals surface area (Å²) in [5.41, 5.74) is 1.12. The van der Waals surface area contributed by atoms with Gasteiger partial charge in [0, 0.05) is 12.4 Å². The number of benzene rings is 2. The van der Waals surface area contributed by atoms with Crippen molar-refractivity contribution in [3.8, 4) is 11.5 Å². The molecule has 1 heterocycles. The highest BCUT2D eigenvalue weighted by Crippen LogP contribution is 2.28. The number of aromatic nitrogens is 2. The van der Waals surface area contributed by atoms with Crippen LogP contribution in [0.15, 0.2) is 66.1 Å². The molecule has 3 aromatic rings. The highest BCUT2D eigenvalue weighted by Gasteiger charge is 2.10. The summed E-state index contributed by atoms with van der Waals surface area (Å²) in [7, 11) is -2.54.